The fourth-order valence-electron chi connectivity index (χ4n) is 9.20. The molecule has 0 N–H and O–H groups in total. The van der Waals surface area contributed by atoms with Gasteiger partial charge in [0, 0.05) is 0 Å². The van der Waals surface area contributed by atoms with Gasteiger partial charge in [-0.2, -0.15) is 0 Å². The zero-order chi connectivity index (χ0) is 25.5. The van der Waals surface area contributed by atoms with Crippen LogP contribution in [0.15, 0.2) is 24.3 Å². The first-order chi connectivity index (χ1) is 18.3. The van der Waals surface area contributed by atoms with Crippen LogP contribution in [-0.2, 0) is 6.42 Å². The lowest BCUT2D eigenvalue weighted by atomic mass is 9.97. The Balaban J connectivity index is 1.40. The molecule has 4 aliphatic carbocycles. The van der Waals surface area contributed by atoms with E-state index in [4.69, 9.17) is 0 Å². The van der Waals surface area contributed by atoms with Crippen molar-refractivity contribution in [3.63, 3.8) is 0 Å². The van der Waals surface area contributed by atoms with E-state index in [0.29, 0.717) is 0 Å². The minimum absolute atomic E-state index is 0.0118. The molecule has 2 heteroatoms. The zero-order valence-electron chi connectivity index (χ0n) is 24.5. The molecular formula is C35H58P2. The first-order valence-corrected chi connectivity index (χ1v) is 20.0. The van der Waals surface area contributed by atoms with Crippen molar-refractivity contribution in [2.75, 3.05) is 0 Å². The van der Waals surface area contributed by atoms with E-state index in [9.17, 15) is 0 Å². The SMILES string of the molecule is CCC(CC)P(C1CCCCC1)C1CCCC1Cc1ccccc1P(C1CCCCC1)C1CCCCC1. The van der Waals surface area contributed by atoms with Crippen molar-refractivity contribution in [1.29, 1.82) is 0 Å². The van der Waals surface area contributed by atoms with E-state index in [2.05, 4.69) is 38.1 Å². The molecule has 0 aromatic heterocycles. The quantitative estimate of drug-likeness (QED) is 0.259. The van der Waals surface area contributed by atoms with Crippen molar-refractivity contribution >= 4 is 21.1 Å². The van der Waals surface area contributed by atoms with Crippen LogP contribution in [0.1, 0.15) is 148 Å². The number of benzene rings is 1. The van der Waals surface area contributed by atoms with Gasteiger partial charge in [0.05, 0.1) is 0 Å². The van der Waals surface area contributed by atoms with E-state index in [1.807, 2.05) is 10.9 Å². The minimum Gasteiger partial charge on any atom is -0.0969 e. The third-order valence-electron chi connectivity index (χ3n) is 11.1. The molecule has 0 nitrogen and oxygen atoms in total. The largest absolute Gasteiger partial charge is 0.0969 e. The molecule has 4 saturated carbocycles. The van der Waals surface area contributed by atoms with Crippen LogP contribution in [0.3, 0.4) is 0 Å². The van der Waals surface area contributed by atoms with Gasteiger partial charge in [0.25, 0.3) is 0 Å². The van der Waals surface area contributed by atoms with Crippen LogP contribution in [0.4, 0.5) is 0 Å². The van der Waals surface area contributed by atoms with Crippen molar-refractivity contribution in [2.45, 2.75) is 177 Å². The molecule has 0 saturated heterocycles. The minimum atomic E-state index is 0.0118. The summed E-state index contributed by atoms with van der Waals surface area (Å²) in [7, 11) is 0.189. The molecule has 0 amide bonds. The summed E-state index contributed by atoms with van der Waals surface area (Å²) in [6, 6.07) is 10.1. The summed E-state index contributed by atoms with van der Waals surface area (Å²) >= 11 is 0. The predicted molar refractivity (Wildman–Crippen MR) is 170 cm³/mol. The predicted octanol–water partition coefficient (Wildman–Crippen LogP) is 11.2. The van der Waals surface area contributed by atoms with Gasteiger partial charge in [0.2, 0.25) is 0 Å². The molecule has 0 bridgehead atoms. The summed E-state index contributed by atoms with van der Waals surface area (Å²) in [5, 5.41) is 1.89. The van der Waals surface area contributed by atoms with Crippen LogP contribution in [0.5, 0.6) is 0 Å². The second kappa shape index (κ2) is 14.6. The standard InChI is InChI=1S/C35H58P2/c1-3-30(4-2)36(31-19-8-5-9-20-31)35-26-16-18-29(35)27-28-17-14-15-25-34(28)37(32-21-10-6-11-22-32)33-23-12-7-13-24-33/h14-15,17,25,29-33,35H,3-13,16,18-24,26-27H2,1-2H3. The first kappa shape index (κ1) is 28.6. The highest BCUT2D eigenvalue weighted by Gasteiger charge is 2.41. The lowest BCUT2D eigenvalue weighted by Gasteiger charge is -2.43. The van der Waals surface area contributed by atoms with Crippen LogP contribution in [0.2, 0.25) is 0 Å². The summed E-state index contributed by atoms with van der Waals surface area (Å²) < 4.78 is 0. The third-order valence-corrected chi connectivity index (χ3v) is 19.0. The van der Waals surface area contributed by atoms with Crippen molar-refractivity contribution < 1.29 is 0 Å². The second-order valence-electron chi connectivity index (χ2n) is 13.3. The summed E-state index contributed by atoms with van der Waals surface area (Å²) in [4.78, 5) is 0. The molecule has 0 spiro atoms. The Kier molecular flexibility index (Phi) is 11.3. The van der Waals surface area contributed by atoms with Crippen LogP contribution in [-0.4, -0.2) is 28.3 Å². The normalized spacial score (nSPS) is 27.8. The van der Waals surface area contributed by atoms with E-state index < -0.39 is 0 Å². The van der Waals surface area contributed by atoms with Gasteiger partial charge in [0.1, 0.15) is 0 Å². The van der Waals surface area contributed by atoms with Gasteiger partial charge in [-0.15, -0.1) is 0 Å². The summed E-state index contributed by atoms with van der Waals surface area (Å²) in [5.74, 6) is 0.976. The monoisotopic (exact) mass is 540 g/mol. The molecule has 1 aromatic rings. The molecule has 0 radical (unpaired) electrons. The van der Waals surface area contributed by atoms with E-state index in [1.165, 1.54) is 116 Å². The van der Waals surface area contributed by atoms with Gasteiger partial charge in [-0.05, 0) is 116 Å². The zero-order valence-corrected chi connectivity index (χ0v) is 26.3. The number of hydrogen-bond acceptors (Lipinski definition) is 0. The molecule has 208 valence electrons. The van der Waals surface area contributed by atoms with E-state index >= 15 is 0 Å². The molecule has 3 atom stereocenters. The second-order valence-corrected chi connectivity index (χ2v) is 19.1. The Morgan fingerprint density at radius 3 is 1.73 bits per heavy atom. The molecule has 5 rings (SSSR count). The molecule has 4 fully saturated rings. The average Bonchev–Trinajstić information content (AvgIpc) is 3.41. The molecule has 0 aliphatic heterocycles. The topological polar surface area (TPSA) is 0 Å². The average molecular weight is 541 g/mol. The first-order valence-electron chi connectivity index (χ1n) is 16.9. The fraction of sp³-hybridized carbons (Fsp3) is 0.829. The lowest BCUT2D eigenvalue weighted by Crippen LogP contribution is -2.30. The summed E-state index contributed by atoms with van der Waals surface area (Å²) in [6.45, 7) is 5.04. The van der Waals surface area contributed by atoms with Gasteiger partial charge in [0.15, 0.2) is 0 Å². The van der Waals surface area contributed by atoms with E-state index in [1.54, 1.807) is 19.3 Å². The Labute approximate surface area is 233 Å². The van der Waals surface area contributed by atoms with Crippen LogP contribution >= 0.6 is 15.8 Å². The maximum atomic E-state index is 2.65. The Bertz CT molecular complexity index is 764. The van der Waals surface area contributed by atoms with Crippen LogP contribution < -0.4 is 5.30 Å². The highest BCUT2D eigenvalue weighted by molar-refractivity contribution is 7.67. The molecular weight excluding hydrogens is 482 g/mol. The number of rotatable bonds is 10. The van der Waals surface area contributed by atoms with Gasteiger partial charge >= 0.3 is 0 Å². The molecule has 1 aromatic carbocycles. The maximum absolute atomic E-state index is 2.65. The molecule has 4 aliphatic rings. The lowest BCUT2D eigenvalue weighted by molar-refractivity contribution is 0.486. The Morgan fingerprint density at radius 2 is 1.16 bits per heavy atom. The molecule has 37 heavy (non-hydrogen) atoms. The third kappa shape index (κ3) is 7.05. The van der Waals surface area contributed by atoms with Gasteiger partial charge in [-0.3, -0.25) is 0 Å². The smallest absolute Gasteiger partial charge is 0.0166 e. The Hall–Kier alpha value is 0.0800. The molecule has 0 heterocycles. The van der Waals surface area contributed by atoms with Crippen molar-refractivity contribution in [2.24, 2.45) is 5.92 Å². The van der Waals surface area contributed by atoms with Gasteiger partial charge in [-0.25, -0.2) is 0 Å². The van der Waals surface area contributed by atoms with Crippen LogP contribution in [0, 0.1) is 5.92 Å². The van der Waals surface area contributed by atoms with E-state index in [0.717, 1.165) is 34.2 Å². The summed E-state index contributed by atoms with van der Waals surface area (Å²) in [5.41, 5.74) is 7.06. The maximum Gasteiger partial charge on any atom is -0.0166 e. The highest BCUT2D eigenvalue weighted by atomic mass is 31.1. The van der Waals surface area contributed by atoms with Crippen LogP contribution in [0.25, 0.3) is 0 Å². The fourth-order valence-corrected chi connectivity index (χ4v) is 17.9. The van der Waals surface area contributed by atoms with Crippen molar-refractivity contribution in [3.05, 3.63) is 29.8 Å². The van der Waals surface area contributed by atoms with Crippen molar-refractivity contribution in [3.8, 4) is 0 Å². The van der Waals surface area contributed by atoms with Gasteiger partial charge in [-0.1, -0.05) is 118 Å². The highest BCUT2D eigenvalue weighted by Crippen LogP contribution is 2.63. The Morgan fingerprint density at radius 1 is 0.622 bits per heavy atom. The summed E-state index contributed by atoms with van der Waals surface area (Å²) in [6.07, 6.45) is 31.7. The van der Waals surface area contributed by atoms with E-state index in [-0.39, 0.29) is 15.8 Å². The van der Waals surface area contributed by atoms with Gasteiger partial charge < -0.3 is 0 Å². The number of hydrogen-bond donors (Lipinski definition) is 0. The molecule has 3 unspecified atom stereocenters. The van der Waals surface area contributed by atoms with Crippen molar-refractivity contribution in [1.82, 2.24) is 0 Å².